The lowest BCUT2D eigenvalue weighted by Gasteiger charge is -2.34. The van der Waals surface area contributed by atoms with E-state index >= 15 is 0 Å². The minimum Gasteiger partial charge on any atom is -0.494 e. The van der Waals surface area contributed by atoms with Crippen molar-refractivity contribution >= 4 is 48.3 Å². The Morgan fingerprint density at radius 1 is 1.00 bits per heavy atom. The molecule has 10 heteroatoms. The Balaban J connectivity index is 1.23. The maximum Gasteiger partial charge on any atom is 0.264 e. The third-order valence-electron chi connectivity index (χ3n) is 6.38. The van der Waals surface area contributed by atoms with Crippen LogP contribution in [0, 0.1) is 0 Å². The first-order valence-corrected chi connectivity index (χ1v) is 14.3. The van der Waals surface area contributed by atoms with E-state index in [-0.39, 0.29) is 10.8 Å². The predicted octanol–water partition coefficient (Wildman–Crippen LogP) is 4.48. The Morgan fingerprint density at radius 3 is 2.38 bits per heavy atom. The molecule has 0 aliphatic carbocycles. The lowest BCUT2D eigenvalue weighted by atomic mass is 10.2. The highest BCUT2D eigenvalue weighted by Gasteiger charge is 2.26. The van der Waals surface area contributed by atoms with E-state index in [1.54, 1.807) is 52.6 Å². The second-order valence-corrected chi connectivity index (χ2v) is 11.6. The van der Waals surface area contributed by atoms with Crippen LogP contribution in [0.4, 0.5) is 10.8 Å². The van der Waals surface area contributed by atoms with Crippen LogP contribution in [-0.2, 0) is 10.0 Å². The molecule has 5 rings (SSSR count). The molecule has 1 saturated heterocycles. The third kappa shape index (κ3) is 5.12. The third-order valence-corrected chi connectivity index (χ3v) is 9.26. The van der Waals surface area contributed by atoms with Gasteiger partial charge < -0.3 is 14.5 Å². The number of piperazine rings is 1. The second kappa shape index (κ2) is 10.4. The van der Waals surface area contributed by atoms with Gasteiger partial charge in [-0.15, -0.1) is 0 Å². The number of amides is 1. The number of hydrogen-bond donors (Lipinski definition) is 0. The highest BCUT2D eigenvalue weighted by atomic mass is 32.2. The minimum atomic E-state index is -3.73. The number of anilines is 2. The molecular weight excluding hydrogens is 508 g/mol. The SMILES string of the molecule is CCOc1ccc2nc(N3CCN(C(=O)c4ccc(S(=O)(=O)N(C)c5ccccc5)cc4)CC3)sc2c1. The van der Waals surface area contributed by atoms with Crippen LogP contribution in [0.2, 0.25) is 0 Å². The average Bonchev–Trinajstić information content (AvgIpc) is 3.36. The molecule has 192 valence electrons. The minimum absolute atomic E-state index is 0.106. The van der Waals surface area contributed by atoms with Gasteiger partial charge in [-0.1, -0.05) is 29.5 Å². The number of ether oxygens (including phenoxy) is 1. The van der Waals surface area contributed by atoms with Crippen LogP contribution in [0.25, 0.3) is 10.2 Å². The van der Waals surface area contributed by atoms with Crippen molar-refractivity contribution in [1.82, 2.24) is 9.88 Å². The molecular formula is C27H28N4O4S2. The van der Waals surface area contributed by atoms with Gasteiger partial charge in [0, 0.05) is 38.8 Å². The van der Waals surface area contributed by atoms with Crippen molar-refractivity contribution in [1.29, 1.82) is 0 Å². The average molecular weight is 537 g/mol. The number of rotatable bonds is 7. The molecule has 0 N–H and O–H groups in total. The van der Waals surface area contributed by atoms with Crippen molar-refractivity contribution < 1.29 is 17.9 Å². The van der Waals surface area contributed by atoms with Crippen LogP contribution in [0.1, 0.15) is 17.3 Å². The van der Waals surface area contributed by atoms with Gasteiger partial charge in [-0.05, 0) is 61.5 Å². The van der Waals surface area contributed by atoms with Gasteiger partial charge in [0.25, 0.3) is 15.9 Å². The van der Waals surface area contributed by atoms with Crippen molar-refractivity contribution in [2.45, 2.75) is 11.8 Å². The maximum atomic E-state index is 13.1. The molecule has 2 heterocycles. The second-order valence-electron chi connectivity index (χ2n) is 8.67. The van der Waals surface area contributed by atoms with E-state index in [0.717, 1.165) is 21.1 Å². The van der Waals surface area contributed by atoms with Gasteiger partial charge in [0.15, 0.2) is 5.13 Å². The van der Waals surface area contributed by atoms with Crippen molar-refractivity contribution in [2.75, 3.05) is 49.0 Å². The summed E-state index contributed by atoms with van der Waals surface area (Å²) in [5.74, 6) is 0.733. The predicted molar refractivity (Wildman–Crippen MR) is 147 cm³/mol. The fourth-order valence-electron chi connectivity index (χ4n) is 4.27. The Labute approximate surface area is 220 Å². The number of sulfonamides is 1. The smallest absolute Gasteiger partial charge is 0.264 e. The van der Waals surface area contributed by atoms with E-state index in [9.17, 15) is 13.2 Å². The molecule has 1 amide bonds. The van der Waals surface area contributed by atoms with E-state index in [0.29, 0.717) is 44.0 Å². The summed E-state index contributed by atoms with van der Waals surface area (Å²) in [4.78, 5) is 22.0. The summed E-state index contributed by atoms with van der Waals surface area (Å²) < 4.78 is 33.9. The van der Waals surface area contributed by atoms with Crippen molar-refractivity contribution in [3.63, 3.8) is 0 Å². The molecule has 3 aromatic carbocycles. The molecule has 1 fully saturated rings. The fourth-order valence-corrected chi connectivity index (χ4v) is 6.51. The number of hydrogen-bond acceptors (Lipinski definition) is 7. The fraction of sp³-hybridized carbons (Fsp3) is 0.259. The quantitative estimate of drug-likeness (QED) is 0.346. The Morgan fingerprint density at radius 2 is 1.70 bits per heavy atom. The summed E-state index contributed by atoms with van der Waals surface area (Å²) in [6.07, 6.45) is 0. The number of aromatic nitrogens is 1. The van der Waals surface area contributed by atoms with Gasteiger partial charge in [-0.2, -0.15) is 0 Å². The van der Waals surface area contributed by atoms with Gasteiger partial charge >= 0.3 is 0 Å². The Kier molecular flexibility index (Phi) is 7.03. The van der Waals surface area contributed by atoms with Gasteiger partial charge in [-0.3, -0.25) is 9.10 Å². The molecule has 1 aliphatic rings. The first-order chi connectivity index (χ1) is 17.9. The van der Waals surface area contributed by atoms with Crippen LogP contribution in [0.3, 0.4) is 0 Å². The Bertz CT molecular complexity index is 1500. The first kappa shape index (κ1) is 25.0. The highest BCUT2D eigenvalue weighted by Crippen LogP contribution is 2.32. The Hall–Kier alpha value is -3.63. The molecule has 0 atom stereocenters. The number of nitrogens with zero attached hydrogens (tertiary/aromatic N) is 4. The maximum absolute atomic E-state index is 13.1. The molecule has 0 spiro atoms. The van der Waals surface area contributed by atoms with Crippen molar-refractivity contribution in [3.8, 4) is 5.75 Å². The molecule has 0 bridgehead atoms. The van der Waals surface area contributed by atoms with Crippen molar-refractivity contribution in [3.05, 3.63) is 78.4 Å². The van der Waals surface area contributed by atoms with Crippen LogP contribution in [0.5, 0.6) is 5.75 Å². The number of fused-ring (bicyclic) bond motifs is 1. The number of carbonyl (C=O) groups is 1. The van der Waals surface area contributed by atoms with E-state index in [2.05, 4.69) is 4.90 Å². The highest BCUT2D eigenvalue weighted by molar-refractivity contribution is 7.92. The van der Waals surface area contributed by atoms with Gasteiger partial charge in [-0.25, -0.2) is 13.4 Å². The molecule has 1 aromatic heterocycles. The molecule has 37 heavy (non-hydrogen) atoms. The van der Waals surface area contributed by atoms with Gasteiger partial charge in [0.1, 0.15) is 5.75 Å². The van der Waals surface area contributed by atoms with Crippen LogP contribution in [0.15, 0.2) is 77.7 Å². The molecule has 1 aliphatic heterocycles. The van der Waals surface area contributed by atoms with E-state index in [1.165, 1.54) is 23.5 Å². The largest absolute Gasteiger partial charge is 0.494 e. The zero-order valence-electron chi connectivity index (χ0n) is 20.7. The lowest BCUT2D eigenvalue weighted by molar-refractivity contribution is 0.0746. The summed E-state index contributed by atoms with van der Waals surface area (Å²) in [6.45, 7) is 5.07. The van der Waals surface area contributed by atoms with Crippen molar-refractivity contribution in [2.24, 2.45) is 0 Å². The van der Waals surface area contributed by atoms with E-state index in [4.69, 9.17) is 9.72 Å². The standard InChI is InChI=1S/C27H28N4O4S2/c1-3-35-22-11-14-24-25(19-22)36-27(28-24)31-17-15-30(16-18-31)26(32)20-9-12-23(13-10-20)37(33,34)29(2)21-7-5-4-6-8-21/h4-14,19H,3,15-18H2,1-2H3. The molecule has 0 unspecified atom stereocenters. The number of thiazole rings is 1. The molecule has 4 aromatic rings. The number of carbonyl (C=O) groups excluding carboxylic acids is 1. The topological polar surface area (TPSA) is 83.0 Å². The molecule has 0 radical (unpaired) electrons. The monoisotopic (exact) mass is 536 g/mol. The van der Waals surface area contributed by atoms with Crippen LogP contribution >= 0.6 is 11.3 Å². The normalized spacial score (nSPS) is 14.1. The summed E-state index contributed by atoms with van der Waals surface area (Å²) >= 11 is 1.62. The van der Waals surface area contributed by atoms with E-state index in [1.807, 2.05) is 31.2 Å². The molecule has 0 saturated carbocycles. The summed E-state index contributed by atoms with van der Waals surface area (Å²) in [5.41, 5.74) is 1.98. The zero-order chi connectivity index (χ0) is 26.0. The summed E-state index contributed by atoms with van der Waals surface area (Å²) in [6, 6.07) is 21.0. The number of para-hydroxylation sites is 1. The summed E-state index contributed by atoms with van der Waals surface area (Å²) in [7, 11) is -2.21. The van der Waals surface area contributed by atoms with Gasteiger partial charge in [0.05, 0.1) is 27.4 Å². The first-order valence-electron chi connectivity index (χ1n) is 12.1. The zero-order valence-corrected chi connectivity index (χ0v) is 22.3. The van der Waals surface area contributed by atoms with Crippen LogP contribution < -0.4 is 13.9 Å². The molecule has 8 nitrogen and oxygen atoms in total. The van der Waals surface area contributed by atoms with Crippen LogP contribution in [-0.4, -0.2) is 64.0 Å². The van der Waals surface area contributed by atoms with Gasteiger partial charge in [0.2, 0.25) is 0 Å². The number of benzene rings is 3. The van der Waals surface area contributed by atoms with E-state index < -0.39 is 10.0 Å². The lowest BCUT2D eigenvalue weighted by Crippen LogP contribution is -2.48. The summed E-state index contributed by atoms with van der Waals surface area (Å²) in [5, 5.41) is 0.938.